The lowest BCUT2D eigenvalue weighted by atomic mass is 10.2. The average molecular weight is 293 g/mol. The molecule has 0 atom stereocenters. The Balaban J connectivity index is 2.54. The number of aliphatic carboxylic acids is 1. The fourth-order valence-electron chi connectivity index (χ4n) is 1.03. The van der Waals surface area contributed by atoms with Gasteiger partial charge in [0.25, 0.3) is 0 Å². The van der Waals surface area contributed by atoms with Crippen LogP contribution in [0.5, 0.6) is 0 Å². The zero-order valence-electron chi connectivity index (χ0n) is 7.95. The van der Waals surface area contributed by atoms with Gasteiger partial charge in [0.05, 0.1) is 3.79 Å². The minimum atomic E-state index is -1.08. The number of ether oxygens (including phenoxy) is 1. The van der Waals surface area contributed by atoms with E-state index < -0.39 is 12.6 Å². The van der Waals surface area contributed by atoms with Gasteiger partial charge < -0.3 is 9.84 Å². The van der Waals surface area contributed by atoms with E-state index in [2.05, 4.69) is 15.9 Å². The predicted molar refractivity (Wildman–Crippen MR) is 59.5 cm³/mol. The summed E-state index contributed by atoms with van der Waals surface area (Å²) < 4.78 is 5.59. The van der Waals surface area contributed by atoms with E-state index in [-0.39, 0.29) is 12.4 Å². The lowest BCUT2D eigenvalue weighted by Crippen LogP contribution is -2.14. The highest BCUT2D eigenvalue weighted by molar-refractivity contribution is 9.11. The van der Waals surface area contributed by atoms with Gasteiger partial charge >= 0.3 is 5.97 Å². The molecule has 0 aromatic carbocycles. The number of aryl methyl sites for hydroxylation is 1. The molecule has 1 aromatic rings. The van der Waals surface area contributed by atoms with Crippen molar-refractivity contribution in [2.24, 2.45) is 0 Å². The first-order valence-corrected chi connectivity index (χ1v) is 5.70. The number of thiophene rings is 1. The van der Waals surface area contributed by atoms with E-state index in [1.165, 1.54) is 11.3 Å². The van der Waals surface area contributed by atoms with Crippen LogP contribution >= 0.6 is 27.3 Å². The maximum atomic E-state index is 11.5. The van der Waals surface area contributed by atoms with Crippen LogP contribution in [0.15, 0.2) is 9.85 Å². The number of halogens is 1. The molecule has 0 spiro atoms. The van der Waals surface area contributed by atoms with Crippen LogP contribution in [-0.2, 0) is 9.53 Å². The number of carboxylic acids is 1. The molecular weight excluding hydrogens is 284 g/mol. The summed E-state index contributed by atoms with van der Waals surface area (Å²) in [5.41, 5.74) is 0.581. The van der Waals surface area contributed by atoms with Gasteiger partial charge in [0.15, 0.2) is 5.78 Å². The molecule has 82 valence electrons. The number of carbonyl (C=O) groups is 2. The highest BCUT2D eigenvalue weighted by atomic mass is 79.9. The summed E-state index contributed by atoms with van der Waals surface area (Å²) in [5, 5.41) is 8.31. The molecule has 1 N–H and O–H groups in total. The number of ketones is 1. The Bertz CT molecular complexity index is 385. The van der Waals surface area contributed by atoms with Gasteiger partial charge in [-0.2, -0.15) is 0 Å². The molecule has 0 aliphatic rings. The smallest absolute Gasteiger partial charge is 0.329 e. The van der Waals surface area contributed by atoms with Crippen LogP contribution in [0.2, 0.25) is 0 Å². The molecule has 0 saturated carbocycles. The first-order chi connectivity index (χ1) is 7.00. The monoisotopic (exact) mass is 292 g/mol. The molecule has 0 bridgehead atoms. The van der Waals surface area contributed by atoms with E-state index in [1.54, 1.807) is 6.07 Å². The minimum Gasteiger partial charge on any atom is -0.480 e. The van der Waals surface area contributed by atoms with Crippen LogP contribution < -0.4 is 0 Å². The van der Waals surface area contributed by atoms with Crippen molar-refractivity contribution in [2.45, 2.75) is 6.92 Å². The summed E-state index contributed by atoms with van der Waals surface area (Å²) in [7, 11) is 0. The number of hydrogen-bond donors (Lipinski definition) is 1. The molecular formula is C9H9BrO4S. The first-order valence-electron chi connectivity index (χ1n) is 4.09. The number of hydrogen-bond acceptors (Lipinski definition) is 4. The molecule has 0 amide bonds. The van der Waals surface area contributed by atoms with Gasteiger partial charge in [-0.1, -0.05) is 0 Å². The molecule has 1 aromatic heterocycles. The Labute approximate surface area is 99.0 Å². The van der Waals surface area contributed by atoms with Gasteiger partial charge in [-0.3, -0.25) is 4.79 Å². The third-order valence-electron chi connectivity index (χ3n) is 1.65. The van der Waals surface area contributed by atoms with Gasteiger partial charge in [0.2, 0.25) is 0 Å². The summed E-state index contributed by atoms with van der Waals surface area (Å²) >= 11 is 4.74. The van der Waals surface area contributed by atoms with Crippen LogP contribution in [0, 0.1) is 6.92 Å². The fraction of sp³-hybridized carbons (Fsp3) is 0.333. The van der Waals surface area contributed by atoms with E-state index >= 15 is 0 Å². The second-order valence-corrected chi connectivity index (χ2v) is 5.47. The topological polar surface area (TPSA) is 63.6 Å². The fourth-order valence-corrected chi connectivity index (χ4v) is 2.74. The Morgan fingerprint density at radius 1 is 1.53 bits per heavy atom. The first kappa shape index (κ1) is 12.4. The average Bonchev–Trinajstić information content (AvgIpc) is 2.44. The van der Waals surface area contributed by atoms with Gasteiger partial charge in [0, 0.05) is 10.4 Å². The maximum Gasteiger partial charge on any atom is 0.329 e. The number of Topliss-reactive ketones (excluding diaryl/α,β-unsaturated/α-hetero) is 1. The maximum absolute atomic E-state index is 11.5. The zero-order valence-corrected chi connectivity index (χ0v) is 10.4. The molecule has 0 unspecified atom stereocenters. The third-order valence-corrected chi connectivity index (χ3v) is 3.20. The molecule has 0 saturated heterocycles. The molecule has 4 nitrogen and oxygen atoms in total. The Morgan fingerprint density at radius 3 is 2.67 bits per heavy atom. The third kappa shape index (κ3) is 3.73. The minimum absolute atomic E-state index is 0.198. The summed E-state index contributed by atoms with van der Waals surface area (Å²) in [5.74, 6) is -1.28. The summed E-state index contributed by atoms with van der Waals surface area (Å²) in [4.78, 5) is 22.6. The normalized spacial score (nSPS) is 10.3. The van der Waals surface area contributed by atoms with Crippen molar-refractivity contribution in [2.75, 3.05) is 13.2 Å². The standard InChI is InChI=1S/C9H9BrO4S/c1-5-6(2-8(10)15-5)7(11)3-14-4-9(12)13/h2H,3-4H2,1H3,(H,12,13). The van der Waals surface area contributed by atoms with Gasteiger partial charge in [-0.05, 0) is 28.9 Å². The quantitative estimate of drug-likeness (QED) is 0.844. The molecule has 1 heterocycles. The SMILES string of the molecule is Cc1sc(Br)cc1C(=O)COCC(=O)O. The summed E-state index contributed by atoms with van der Waals surface area (Å²) in [6.07, 6.45) is 0. The van der Waals surface area contributed by atoms with E-state index in [1.807, 2.05) is 6.92 Å². The largest absolute Gasteiger partial charge is 0.480 e. The van der Waals surface area contributed by atoms with E-state index in [9.17, 15) is 9.59 Å². The lowest BCUT2D eigenvalue weighted by Gasteiger charge is -1.99. The van der Waals surface area contributed by atoms with Crippen molar-refractivity contribution in [1.82, 2.24) is 0 Å². The second kappa shape index (κ2) is 5.39. The second-order valence-electron chi connectivity index (χ2n) is 2.83. The summed E-state index contributed by atoms with van der Waals surface area (Å²) in [6.45, 7) is 1.19. The Hall–Kier alpha value is -0.720. The van der Waals surface area contributed by atoms with Crippen LogP contribution in [0.3, 0.4) is 0 Å². The Morgan fingerprint density at radius 2 is 2.20 bits per heavy atom. The highest BCUT2D eigenvalue weighted by Crippen LogP contribution is 2.26. The zero-order chi connectivity index (χ0) is 11.4. The molecule has 0 aliphatic carbocycles. The number of carbonyl (C=O) groups excluding carboxylic acids is 1. The van der Waals surface area contributed by atoms with Crippen LogP contribution in [0.25, 0.3) is 0 Å². The van der Waals surface area contributed by atoms with Crippen LogP contribution in [-0.4, -0.2) is 30.1 Å². The highest BCUT2D eigenvalue weighted by Gasteiger charge is 2.12. The number of carboxylic acid groups (broad SMARTS) is 1. The van der Waals surface area contributed by atoms with Gasteiger partial charge in [0.1, 0.15) is 13.2 Å². The van der Waals surface area contributed by atoms with E-state index in [4.69, 9.17) is 9.84 Å². The molecule has 0 radical (unpaired) electrons. The van der Waals surface area contributed by atoms with Crippen molar-refractivity contribution in [3.05, 3.63) is 20.3 Å². The molecule has 6 heteroatoms. The van der Waals surface area contributed by atoms with Crippen LogP contribution in [0.4, 0.5) is 0 Å². The summed E-state index contributed by atoms with van der Waals surface area (Å²) in [6, 6.07) is 1.71. The number of rotatable bonds is 5. The lowest BCUT2D eigenvalue weighted by molar-refractivity contribution is -0.141. The van der Waals surface area contributed by atoms with Crippen molar-refractivity contribution < 1.29 is 19.4 Å². The van der Waals surface area contributed by atoms with Gasteiger partial charge in [-0.15, -0.1) is 11.3 Å². The molecule has 0 fully saturated rings. The van der Waals surface area contributed by atoms with E-state index in [0.29, 0.717) is 5.56 Å². The van der Waals surface area contributed by atoms with Crippen molar-refractivity contribution >= 4 is 39.0 Å². The van der Waals surface area contributed by atoms with Crippen molar-refractivity contribution in [3.8, 4) is 0 Å². The Kier molecular flexibility index (Phi) is 4.44. The molecule has 15 heavy (non-hydrogen) atoms. The van der Waals surface area contributed by atoms with Crippen molar-refractivity contribution in [3.63, 3.8) is 0 Å². The van der Waals surface area contributed by atoms with Gasteiger partial charge in [-0.25, -0.2) is 4.79 Å². The molecule has 1 rings (SSSR count). The molecule has 0 aliphatic heterocycles. The van der Waals surface area contributed by atoms with E-state index in [0.717, 1.165) is 8.66 Å². The van der Waals surface area contributed by atoms with Crippen LogP contribution in [0.1, 0.15) is 15.2 Å². The van der Waals surface area contributed by atoms with Crippen molar-refractivity contribution in [1.29, 1.82) is 0 Å². The predicted octanol–water partition coefficient (Wildman–Crippen LogP) is 2.10.